The number of nitriles is 1. The molecule has 6 nitrogen and oxygen atoms in total. The molecule has 7 heteroatoms. The molecule has 3 aromatic rings. The van der Waals surface area contributed by atoms with E-state index in [0.717, 1.165) is 0 Å². The Bertz CT molecular complexity index is 1040. The summed E-state index contributed by atoms with van der Waals surface area (Å²) in [7, 11) is 0. The third kappa shape index (κ3) is 3.38. The van der Waals surface area contributed by atoms with Gasteiger partial charge in [-0.05, 0) is 24.3 Å². The molecule has 0 saturated carbocycles. The summed E-state index contributed by atoms with van der Waals surface area (Å²) in [5.74, 6) is -0.919. The van der Waals surface area contributed by atoms with Gasteiger partial charge >= 0.3 is 0 Å². The van der Waals surface area contributed by atoms with E-state index in [1.807, 2.05) is 6.07 Å². The molecule has 0 saturated heterocycles. The fourth-order valence-corrected chi connectivity index (χ4v) is 2.58. The molecule has 0 fully saturated rings. The zero-order chi connectivity index (χ0) is 17.8. The van der Waals surface area contributed by atoms with Crippen LogP contribution in [-0.4, -0.2) is 22.6 Å². The minimum Gasteiger partial charge on any atom is -0.298 e. The zero-order valence-electron chi connectivity index (χ0n) is 13.1. The van der Waals surface area contributed by atoms with Crippen LogP contribution in [0.3, 0.4) is 0 Å². The van der Waals surface area contributed by atoms with Crippen LogP contribution < -0.4 is 10.5 Å². The number of amides is 1. The van der Waals surface area contributed by atoms with Gasteiger partial charge in [-0.2, -0.15) is 10.4 Å². The van der Waals surface area contributed by atoms with Crippen molar-refractivity contribution < 1.29 is 9.18 Å². The molecule has 3 rings (SSSR count). The van der Waals surface area contributed by atoms with Crippen LogP contribution in [0.2, 0.25) is 0 Å². The number of carbonyl (C=O) groups excluding carboxylic acids is 1. The monoisotopic (exact) mass is 336 g/mol. The molecular weight excluding hydrogens is 323 g/mol. The summed E-state index contributed by atoms with van der Waals surface area (Å²) in [5.41, 5.74) is 0.339. The summed E-state index contributed by atoms with van der Waals surface area (Å²) in [6, 6.07) is 14.2. The number of benzene rings is 2. The van der Waals surface area contributed by atoms with Crippen LogP contribution in [0.1, 0.15) is 5.69 Å². The number of rotatable bonds is 4. The van der Waals surface area contributed by atoms with Crippen molar-refractivity contribution in [3.05, 3.63) is 70.4 Å². The van der Waals surface area contributed by atoms with Crippen LogP contribution in [-0.2, 0) is 11.2 Å². The van der Waals surface area contributed by atoms with E-state index in [4.69, 9.17) is 5.26 Å². The number of halogens is 1. The molecule has 1 amide bonds. The molecule has 2 aromatic carbocycles. The van der Waals surface area contributed by atoms with Crippen molar-refractivity contribution in [1.29, 1.82) is 5.26 Å². The molecule has 1 N–H and O–H groups in total. The summed E-state index contributed by atoms with van der Waals surface area (Å²) in [4.78, 5) is 25.7. The summed E-state index contributed by atoms with van der Waals surface area (Å²) in [6.45, 7) is -0.219. The molecule has 25 heavy (non-hydrogen) atoms. The van der Waals surface area contributed by atoms with E-state index >= 15 is 0 Å². The molecule has 124 valence electrons. The highest BCUT2D eigenvalue weighted by Crippen LogP contribution is 2.18. The fraction of sp³-hybridized carbons (Fsp3) is 0.111. The van der Waals surface area contributed by atoms with Crippen molar-refractivity contribution in [2.75, 3.05) is 11.4 Å². The maximum atomic E-state index is 13.4. The Labute approximate surface area is 142 Å². The maximum Gasteiger partial charge on any atom is 0.272 e. The van der Waals surface area contributed by atoms with Gasteiger partial charge in [0.15, 0.2) is 0 Å². The molecule has 0 spiro atoms. The molecular formula is C18H13FN4O2. The van der Waals surface area contributed by atoms with Gasteiger partial charge in [-0.1, -0.05) is 24.3 Å². The van der Waals surface area contributed by atoms with Crippen molar-refractivity contribution in [3.8, 4) is 6.07 Å². The first kappa shape index (κ1) is 16.3. The third-order valence-electron chi connectivity index (χ3n) is 3.74. The van der Waals surface area contributed by atoms with Gasteiger partial charge < -0.3 is 0 Å². The highest BCUT2D eigenvalue weighted by Gasteiger charge is 2.19. The lowest BCUT2D eigenvalue weighted by Crippen LogP contribution is -2.33. The van der Waals surface area contributed by atoms with Crippen molar-refractivity contribution >= 4 is 22.4 Å². The van der Waals surface area contributed by atoms with E-state index in [-0.39, 0.29) is 18.5 Å². The predicted molar refractivity (Wildman–Crippen MR) is 90.4 cm³/mol. The first-order valence-electron chi connectivity index (χ1n) is 7.49. The third-order valence-corrected chi connectivity index (χ3v) is 3.74. The van der Waals surface area contributed by atoms with Gasteiger partial charge in [-0.3, -0.25) is 14.5 Å². The molecule has 0 aliphatic rings. The van der Waals surface area contributed by atoms with Crippen LogP contribution in [0.25, 0.3) is 10.8 Å². The van der Waals surface area contributed by atoms with Crippen LogP contribution >= 0.6 is 0 Å². The van der Waals surface area contributed by atoms with E-state index in [1.54, 1.807) is 30.3 Å². The average Bonchev–Trinajstić information content (AvgIpc) is 2.62. The molecule has 1 heterocycles. The minimum absolute atomic E-state index is 0.129. The standard InChI is InChI=1S/C18H13FN4O2/c19-12-4-3-5-13(10-12)23(9-8-20)17(24)11-16-14-6-1-2-7-15(14)18(25)22-21-16/h1-7,10H,9,11H2,(H,22,25). The smallest absolute Gasteiger partial charge is 0.272 e. The topological polar surface area (TPSA) is 89.8 Å². The SMILES string of the molecule is N#CCN(C(=O)Cc1n[nH]c(=O)c2ccccc12)c1cccc(F)c1. The highest BCUT2D eigenvalue weighted by atomic mass is 19.1. The normalized spacial score (nSPS) is 10.4. The van der Waals surface area contributed by atoms with E-state index in [2.05, 4.69) is 10.2 Å². The molecule has 0 unspecified atom stereocenters. The number of fused-ring (bicyclic) bond motifs is 1. The van der Waals surface area contributed by atoms with Gasteiger partial charge in [0, 0.05) is 11.1 Å². The average molecular weight is 336 g/mol. The molecule has 1 aromatic heterocycles. The van der Waals surface area contributed by atoms with Crippen molar-refractivity contribution in [2.45, 2.75) is 6.42 Å². The lowest BCUT2D eigenvalue weighted by Gasteiger charge is -2.19. The highest BCUT2D eigenvalue weighted by molar-refractivity contribution is 5.97. The van der Waals surface area contributed by atoms with Gasteiger partial charge in [0.1, 0.15) is 12.4 Å². The van der Waals surface area contributed by atoms with Gasteiger partial charge in [0.2, 0.25) is 5.91 Å². The summed E-state index contributed by atoms with van der Waals surface area (Å²) in [5, 5.41) is 16.3. The van der Waals surface area contributed by atoms with E-state index < -0.39 is 11.7 Å². The number of carbonyl (C=O) groups is 1. The number of H-pyrrole nitrogens is 1. The van der Waals surface area contributed by atoms with Crippen LogP contribution in [0.5, 0.6) is 0 Å². The largest absolute Gasteiger partial charge is 0.298 e. The number of anilines is 1. The summed E-state index contributed by atoms with van der Waals surface area (Å²) in [6.07, 6.45) is -0.129. The van der Waals surface area contributed by atoms with Crippen LogP contribution in [0.15, 0.2) is 53.3 Å². The lowest BCUT2D eigenvalue weighted by atomic mass is 10.1. The maximum absolute atomic E-state index is 13.4. The Balaban J connectivity index is 1.96. The second-order valence-electron chi connectivity index (χ2n) is 5.34. The zero-order valence-corrected chi connectivity index (χ0v) is 13.1. The quantitative estimate of drug-likeness (QED) is 0.739. The van der Waals surface area contributed by atoms with Gasteiger partial charge in [-0.15, -0.1) is 0 Å². The number of aromatic amines is 1. The number of hydrogen-bond donors (Lipinski definition) is 1. The van der Waals surface area contributed by atoms with Crippen molar-refractivity contribution in [2.24, 2.45) is 0 Å². The summed E-state index contributed by atoms with van der Waals surface area (Å²) >= 11 is 0. The second kappa shape index (κ2) is 6.93. The molecule has 0 radical (unpaired) electrons. The number of hydrogen-bond acceptors (Lipinski definition) is 4. The molecule has 0 atom stereocenters. The van der Waals surface area contributed by atoms with E-state index in [0.29, 0.717) is 22.2 Å². The second-order valence-corrected chi connectivity index (χ2v) is 5.34. The van der Waals surface area contributed by atoms with Crippen LogP contribution in [0, 0.1) is 17.1 Å². The number of aromatic nitrogens is 2. The lowest BCUT2D eigenvalue weighted by molar-refractivity contribution is -0.117. The number of nitrogens with one attached hydrogen (secondary N) is 1. The van der Waals surface area contributed by atoms with Crippen LogP contribution in [0.4, 0.5) is 10.1 Å². The number of nitrogens with zero attached hydrogens (tertiary/aromatic N) is 3. The molecule has 0 bridgehead atoms. The Kier molecular flexibility index (Phi) is 4.53. The summed E-state index contributed by atoms with van der Waals surface area (Å²) < 4.78 is 13.4. The van der Waals surface area contributed by atoms with Crippen molar-refractivity contribution in [1.82, 2.24) is 10.2 Å². The predicted octanol–water partition coefficient (Wildman–Crippen LogP) is 2.16. The van der Waals surface area contributed by atoms with Crippen molar-refractivity contribution in [3.63, 3.8) is 0 Å². The Hall–Kier alpha value is -3.53. The molecule has 0 aliphatic carbocycles. The minimum atomic E-state index is -0.499. The Morgan fingerprint density at radius 2 is 1.96 bits per heavy atom. The van der Waals surface area contributed by atoms with Gasteiger partial charge in [0.05, 0.1) is 23.6 Å². The Morgan fingerprint density at radius 1 is 1.20 bits per heavy atom. The molecule has 0 aliphatic heterocycles. The fourth-order valence-electron chi connectivity index (χ4n) is 2.58. The first-order valence-corrected chi connectivity index (χ1v) is 7.49. The van der Waals surface area contributed by atoms with E-state index in [1.165, 1.54) is 23.1 Å². The van der Waals surface area contributed by atoms with Gasteiger partial charge in [0.25, 0.3) is 5.56 Å². The van der Waals surface area contributed by atoms with Gasteiger partial charge in [-0.25, -0.2) is 9.49 Å². The van der Waals surface area contributed by atoms with E-state index in [9.17, 15) is 14.0 Å². The Morgan fingerprint density at radius 3 is 2.68 bits per heavy atom. The first-order chi connectivity index (χ1) is 12.1.